The molecule has 2 aromatic rings. The Bertz CT molecular complexity index is 843. The average Bonchev–Trinajstić information content (AvgIpc) is 2.68. The van der Waals surface area contributed by atoms with Gasteiger partial charge in [0.15, 0.2) is 0 Å². The lowest BCUT2D eigenvalue weighted by atomic mass is 10.1. The summed E-state index contributed by atoms with van der Waals surface area (Å²) in [7, 11) is -3.38. The normalized spacial score (nSPS) is 15.8. The maximum absolute atomic E-state index is 12.6. The highest BCUT2D eigenvalue weighted by molar-refractivity contribution is 7.88. The van der Waals surface area contributed by atoms with Gasteiger partial charge in [-0.05, 0) is 23.3 Å². The lowest BCUT2D eigenvalue weighted by Gasteiger charge is -2.34. The highest BCUT2D eigenvalue weighted by Gasteiger charge is 2.29. The van der Waals surface area contributed by atoms with Crippen molar-refractivity contribution >= 4 is 15.9 Å². The number of piperazine rings is 1. The lowest BCUT2D eigenvalue weighted by Crippen LogP contribution is -2.50. The van der Waals surface area contributed by atoms with Gasteiger partial charge in [0.1, 0.15) is 0 Å². The largest absolute Gasteiger partial charge is 0.336 e. The van der Waals surface area contributed by atoms with Gasteiger partial charge in [0.25, 0.3) is 5.91 Å². The van der Waals surface area contributed by atoms with Crippen LogP contribution in [0.2, 0.25) is 0 Å². The molecule has 1 amide bonds. The van der Waals surface area contributed by atoms with Crippen molar-refractivity contribution in [3.8, 4) is 0 Å². The fraction of sp³-hybridized carbons (Fsp3) is 0.316. The van der Waals surface area contributed by atoms with Gasteiger partial charge in [-0.15, -0.1) is 0 Å². The molecule has 0 bridgehead atoms. The van der Waals surface area contributed by atoms with Crippen molar-refractivity contribution in [3.05, 3.63) is 71.3 Å². The summed E-state index contributed by atoms with van der Waals surface area (Å²) in [5, 5.41) is 0. The van der Waals surface area contributed by atoms with Crippen LogP contribution in [0.5, 0.6) is 0 Å². The van der Waals surface area contributed by atoms with Gasteiger partial charge in [0, 0.05) is 38.3 Å². The monoisotopic (exact) mass is 373 g/mol. The van der Waals surface area contributed by atoms with E-state index in [9.17, 15) is 13.2 Å². The second-order valence-electron chi connectivity index (χ2n) is 6.33. The van der Waals surface area contributed by atoms with Gasteiger partial charge in [-0.3, -0.25) is 4.79 Å². The SMILES string of the molecule is NCc1ccc(C(=O)N2CCN(S(=O)(=O)Cc3ccccc3)CC2)cc1. The maximum atomic E-state index is 12.6. The topological polar surface area (TPSA) is 83.7 Å². The van der Waals surface area contributed by atoms with Crippen molar-refractivity contribution in [2.24, 2.45) is 5.73 Å². The molecular formula is C19H23N3O3S. The molecule has 138 valence electrons. The third kappa shape index (κ3) is 4.30. The Balaban J connectivity index is 1.60. The van der Waals surface area contributed by atoms with Crippen molar-refractivity contribution in [2.45, 2.75) is 12.3 Å². The Morgan fingerprint density at radius 2 is 1.50 bits per heavy atom. The van der Waals surface area contributed by atoms with Crippen molar-refractivity contribution in [1.29, 1.82) is 0 Å². The molecular weight excluding hydrogens is 350 g/mol. The zero-order chi connectivity index (χ0) is 18.6. The zero-order valence-corrected chi connectivity index (χ0v) is 15.4. The average molecular weight is 373 g/mol. The van der Waals surface area contributed by atoms with Crippen LogP contribution in [0, 0.1) is 0 Å². The predicted molar refractivity (Wildman–Crippen MR) is 101 cm³/mol. The molecule has 0 aromatic heterocycles. The molecule has 2 N–H and O–H groups in total. The van der Waals surface area contributed by atoms with Crippen LogP contribution in [-0.2, 0) is 22.3 Å². The summed E-state index contributed by atoms with van der Waals surface area (Å²) >= 11 is 0. The molecule has 1 aliphatic heterocycles. The molecule has 0 unspecified atom stereocenters. The number of carbonyl (C=O) groups is 1. The number of hydrogen-bond donors (Lipinski definition) is 1. The fourth-order valence-electron chi connectivity index (χ4n) is 3.01. The van der Waals surface area contributed by atoms with E-state index in [4.69, 9.17) is 5.73 Å². The first-order valence-corrected chi connectivity index (χ1v) is 10.2. The van der Waals surface area contributed by atoms with Gasteiger partial charge in [0.2, 0.25) is 10.0 Å². The number of rotatable bonds is 5. The summed E-state index contributed by atoms with van der Waals surface area (Å²) in [6.45, 7) is 1.87. The summed E-state index contributed by atoms with van der Waals surface area (Å²) < 4.78 is 26.6. The van der Waals surface area contributed by atoms with E-state index in [-0.39, 0.29) is 11.7 Å². The number of carbonyl (C=O) groups excluding carboxylic acids is 1. The van der Waals surface area contributed by atoms with Crippen molar-refractivity contribution in [1.82, 2.24) is 9.21 Å². The van der Waals surface area contributed by atoms with Gasteiger partial charge in [-0.1, -0.05) is 42.5 Å². The fourth-order valence-corrected chi connectivity index (χ4v) is 4.53. The molecule has 7 heteroatoms. The minimum Gasteiger partial charge on any atom is -0.336 e. The summed E-state index contributed by atoms with van der Waals surface area (Å²) in [6, 6.07) is 16.4. The van der Waals surface area contributed by atoms with E-state index in [1.165, 1.54) is 4.31 Å². The number of nitrogens with two attached hydrogens (primary N) is 1. The molecule has 1 saturated heterocycles. The van der Waals surface area contributed by atoms with Gasteiger partial charge >= 0.3 is 0 Å². The summed E-state index contributed by atoms with van der Waals surface area (Å²) in [6.07, 6.45) is 0. The van der Waals surface area contributed by atoms with E-state index >= 15 is 0 Å². The second kappa shape index (κ2) is 7.99. The first-order valence-electron chi connectivity index (χ1n) is 8.59. The summed E-state index contributed by atoms with van der Waals surface area (Å²) in [4.78, 5) is 14.3. The molecule has 2 aromatic carbocycles. The van der Waals surface area contributed by atoms with Gasteiger partial charge in [-0.25, -0.2) is 8.42 Å². The van der Waals surface area contributed by atoms with Crippen molar-refractivity contribution in [3.63, 3.8) is 0 Å². The van der Waals surface area contributed by atoms with Gasteiger partial charge < -0.3 is 10.6 Å². The number of nitrogens with zero attached hydrogens (tertiary/aromatic N) is 2. The highest BCUT2D eigenvalue weighted by atomic mass is 32.2. The number of hydrogen-bond acceptors (Lipinski definition) is 4. The van der Waals surface area contributed by atoms with Gasteiger partial charge in [-0.2, -0.15) is 4.31 Å². The van der Waals surface area contributed by atoms with Crippen LogP contribution in [-0.4, -0.2) is 49.7 Å². The molecule has 26 heavy (non-hydrogen) atoms. The van der Waals surface area contributed by atoms with E-state index in [1.54, 1.807) is 17.0 Å². The Labute approximate surface area is 154 Å². The van der Waals surface area contributed by atoms with Crippen LogP contribution in [0.15, 0.2) is 54.6 Å². The van der Waals surface area contributed by atoms with Crippen molar-refractivity contribution in [2.75, 3.05) is 26.2 Å². The minimum atomic E-state index is -3.38. The third-order valence-electron chi connectivity index (χ3n) is 4.55. The molecule has 1 heterocycles. The maximum Gasteiger partial charge on any atom is 0.253 e. The Hall–Kier alpha value is -2.22. The lowest BCUT2D eigenvalue weighted by molar-refractivity contribution is 0.0698. The van der Waals surface area contributed by atoms with E-state index in [0.29, 0.717) is 38.3 Å². The number of sulfonamides is 1. The van der Waals surface area contributed by atoms with Crippen LogP contribution in [0.25, 0.3) is 0 Å². The molecule has 0 saturated carbocycles. The van der Waals surface area contributed by atoms with E-state index in [0.717, 1.165) is 11.1 Å². The van der Waals surface area contributed by atoms with Crippen LogP contribution >= 0.6 is 0 Å². The predicted octanol–water partition coefficient (Wildman–Crippen LogP) is 1.43. The van der Waals surface area contributed by atoms with Crippen LogP contribution in [0.3, 0.4) is 0 Å². The summed E-state index contributed by atoms with van der Waals surface area (Å²) in [5.41, 5.74) is 7.91. The summed E-state index contributed by atoms with van der Waals surface area (Å²) in [5.74, 6) is -0.0869. The zero-order valence-electron chi connectivity index (χ0n) is 14.5. The highest BCUT2D eigenvalue weighted by Crippen LogP contribution is 2.15. The van der Waals surface area contributed by atoms with E-state index < -0.39 is 10.0 Å². The molecule has 0 spiro atoms. The smallest absolute Gasteiger partial charge is 0.253 e. The molecule has 6 nitrogen and oxygen atoms in total. The second-order valence-corrected chi connectivity index (χ2v) is 8.30. The third-order valence-corrected chi connectivity index (χ3v) is 6.40. The first-order chi connectivity index (χ1) is 12.5. The number of amides is 1. The molecule has 0 radical (unpaired) electrons. The number of benzene rings is 2. The quantitative estimate of drug-likeness (QED) is 0.859. The molecule has 0 aliphatic carbocycles. The Morgan fingerprint density at radius 1 is 0.885 bits per heavy atom. The first kappa shape index (κ1) is 18.6. The molecule has 3 rings (SSSR count). The Morgan fingerprint density at radius 3 is 2.08 bits per heavy atom. The molecule has 1 fully saturated rings. The van der Waals surface area contributed by atoms with E-state index in [2.05, 4.69) is 0 Å². The van der Waals surface area contributed by atoms with Crippen LogP contribution in [0.1, 0.15) is 21.5 Å². The Kier molecular flexibility index (Phi) is 5.70. The van der Waals surface area contributed by atoms with E-state index in [1.807, 2.05) is 42.5 Å². The molecule has 1 aliphatic rings. The van der Waals surface area contributed by atoms with Crippen LogP contribution < -0.4 is 5.73 Å². The minimum absolute atomic E-state index is 0.0116. The van der Waals surface area contributed by atoms with Crippen LogP contribution in [0.4, 0.5) is 0 Å². The van der Waals surface area contributed by atoms with Crippen molar-refractivity contribution < 1.29 is 13.2 Å². The standard InChI is InChI=1S/C19H23N3O3S/c20-14-16-6-8-18(9-7-16)19(23)21-10-12-22(13-11-21)26(24,25)15-17-4-2-1-3-5-17/h1-9H,10-15,20H2. The molecule has 0 atom stereocenters. The van der Waals surface area contributed by atoms with Gasteiger partial charge in [0.05, 0.1) is 5.75 Å².